The van der Waals surface area contributed by atoms with E-state index in [-0.39, 0.29) is 22.7 Å². The van der Waals surface area contributed by atoms with Crippen LogP contribution in [0.25, 0.3) is 0 Å². The number of hydrogen-bond acceptors (Lipinski definition) is 4. The fourth-order valence-corrected chi connectivity index (χ4v) is 4.58. The normalized spacial score (nSPS) is 32.2. The van der Waals surface area contributed by atoms with Crippen LogP contribution in [-0.2, 0) is 14.3 Å². The standard InChI is InChI=1S/C20H27NO4/c1-5-15(22)24-17-16(14-11-12-20(17,4)19(14,2)3)25-18(23)21-13-9-7-6-8-10-13/h6-10,14,16-17H,5,11-12H2,1-4H3,(H,21,23). The van der Waals surface area contributed by atoms with Crippen LogP contribution >= 0.6 is 0 Å². The lowest BCUT2D eigenvalue weighted by Crippen LogP contribution is -2.45. The minimum Gasteiger partial charge on any atom is -0.458 e. The molecule has 0 saturated heterocycles. The molecule has 2 aliphatic rings. The van der Waals surface area contributed by atoms with Crippen LogP contribution in [0.3, 0.4) is 0 Å². The molecule has 0 aromatic heterocycles. The summed E-state index contributed by atoms with van der Waals surface area (Å²) in [5.74, 6) is -0.0553. The van der Waals surface area contributed by atoms with E-state index in [1.807, 2.05) is 30.3 Å². The molecule has 4 unspecified atom stereocenters. The van der Waals surface area contributed by atoms with Gasteiger partial charge in [0.05, 0.1) is 0 Å². The molecule has 4 atom stereocenters. The van der Waals surface area contributed by atoms with Crippen LogP contribution in [0.2, 0.25) is 0 Å². The van der Waals surface area contributed by atoms with Gasteiger partial charge in [-0.15, -0.1) is 0 Å². The first-order valence-corrected chi connectivity index (χ1v) is 9.02. The lowest BCUT2D eigenvalue weighted by atomic mass is 9.70. The van der Waals surface area contributed by atoms with Gasteiger partial charge in [0.1, 0.15) is 12.2 Å². The van der Waals surface area contributed by atoms with Crippen LogP contribution in [0.4, 0.5) is 10.5 Å². The third-order valence-electron chi connectivity index (χ3n) is 6.51. The highest BCUT2D eigenvalue weighted by atomic mass is 16.6. The van der Waals surface area contributed by atoms with E-state index in [4.69, 9.17) is 9.47 Å². The number of ether oxygens (including phenoxy) is 2. The van der Waals surface area contributed by atoms with Crippen LogP contribution < -0.4 is 5.32 Å². The van der Waals surface area contributed by atoms with Crippen LogP contribution in [0.1, 0.15) is 47.0 Å². The molecule has 2 bridgehead atoms. The summed E-state index contributed by atoms with van der Waals surface area (Å²) >= 11 is 0. The summed E-state index contributed by atoms with van der Waals surface area (Å²) in [7, 11) is 0. The maximum Gasteiger partial charge on any atom is 0.412 e. The summed E-state index contributed by atoms with van der Waals surface area (Å²) in [5, 5.41) is 2.75. The average Bonchev–Trinajstić information content (AvgIpc) is 2.89. The maximum absolute atomic E-state index is 12.4. The molecule has 3 rings (SSSR count). The van der Waals surface area contributed by atoms with Crippen molar-refractivity contribution < 1.29 is 19.1 Å². The first-order valence-electron chi connectivity index (χ1n) is 9.02. The molecule has 25 heavy (non-hydrogen) atoms. The van der Waals surface area contributed by atoms with Gasteiger partial charge in [-0.3, -0.25) is 10.1 Å². The Labute approximate surface area is 149 Å². The van der Waals surface area contributed by atoms with Crippen molar-refractivity contribution in [3.05, 3.63) is 30.3 Å². The van der Waals surface area contributed by atoms with Gasteiger partial charge in [-0.25, -0.2) is 4.79 Å². The van der Waals surface area contributed by atoms with Gasteiger partial charge < -0.3 is 9.47 Å². The second-order valence-electron chi connectivity index (χ2n) is 7.91. The van der Waals surface area contributed by atoms with Gasteiger partial charge in [-0.05, 0) is 30.4 Å². The van der Waals surface area contributed by atoms with Gasteiger partial charge in [0, 0.05) is 23.4 Å². The van der Waals surface area contributed by atoms with Gasteiger partial charge >= 0.3 is 12.1 Å². The Hall–Kier alpha value is -2.04. The Morgan fingerprint density at radius 3 is 2.48 bits per heavy atom. The zero-order valence-electron chi connectivity index (χ0n) is 15.4. The summed E-state index contributed by atoms with van der Waals surface area (Å²) in [5.41, 5.74) is 0.451. The predicted molar refractivity (Wildman–Crippen MR) is 95.1 cm³/mol. The Balaban J connectivity index is 1.78. The highest BCUT2D eigenvalue weighted by Gasteiger charge is 2.69. The van der Waals surface area contributed by atoms with Crippen LogP contribution in [0.5, 0.6) is 0 Å². The quantitative estimate of drug-likeness (QED) is 0.823. The van der Waals surface area contributed by atoms with Crippen molar-refractivity contribution in [2.75, 3.05) is 5.32 Å². The summed E-state index contributed by atoms with van der Waals surface area (Å²) in [4.78, 5) is 24.3. The van der Waals surface area contributed by atoms with Gasteiger partial charge in [0.25, 0.3) is 0 Å². The minimum absolute atomic E-state index is 0.0522. The lowest BCUT2D eigenvalue weighted by molar-refractivity contribution is -0.164. The predicted octanol–water partition coefficient (Wildman–Crippen LogP) is 4.38. The number of fused-ring (bicyclic) bond motifs is 2. The van der Waals surface area contributed by atoms with E-state index >= 15 is 0 Å². The number of anilines is 1. The molecule has 1 N–H and O–H groups in total. The van der Waals surface area contributed by atoms with Crippen molar-refractivity contribution in [2.24, 2.45) is 16.7 Å². The Morgan fingerprint density at radius 1 is 1.16 bits per heavy atom. The molecule has 1 aromatic rings. The number of carbonyl (C=O) groups is 2. The molecule has 1 amide bonds. The van der Waals surface area contributed by atoms with E-state index in [0.717, 1.165) is 12.8 Å². The fourth-order valence-electron chi connectivity index (χ4n) is 4.58. The number of esters is 1. The van der Waals surface area contributed by atoms with Gasteiger partial charge in [-0.2, -0.15) is 0 Å². The SMILES string of the molecule is CCC(=O)OC1C(OC(=O)Nc2ccccc2)C2CCC1(C)C2(C)C. The zero-order chi connectivity index (χ0) is 18.2. The molecular formula is C20H27NO4. The molecule has 5 nitrogen and oxygen atoms in total. The molecule has 2 aliphatic carbocycles. The largest absolute Gasteiger partial charge is 0.458 e. The van der Waals surface area contributed by atoms with Crippen LogP contribution in [0, 0.1) is 16.7 Å². The van der Waals surface area contributed by atoms with E-state index < -0.39 is 18.3 Å². The van der Waals surface area contributed by atoms with Crippen molar-refractivity contribution in [2.45, 2.75) is 59.2 Å². The average molecular weight is 345 g/mol. The van der Waals surface area contributed by atoms with Crippen molar-refractivity contribution >= 4 is 17.7 Å². The van der Waals surface area contributed by atoms with Crippen molar-refractivity contribution in [3.63, 3.8) is 0 Å². The summed E-state index contributed by atoms with van der Waals surface area (Å²) in [6, 6.07) is 9.20. The Morgan fingerprint density at radius 2 is 1.84 bits per heavy atom. The number of nitrogens with one attached hydrogen (secondary N) is 1. The molecule has 136 valence electrons. The van der Waals surface area contributed by atoms with E-state index in [9.17, 15) is 9.59 Å². The molecule has 0 aliphatic heterocycles. The van der Waals surface area contributed by atoms with Crippen LogP contribution in [-0.4, -0.2) is 24.3 Å². The molecule has 0 radical (unpaired) electrons. The first kappa shape index (κ1) is 17.8. The smallest absolute Gasteiger partial charge is 0.412 e. The van der Waals surface area contributed by atoms with E-state index in [1.54, 1.807) is 6.92 Å². The second-order valence-corrected chi connectivity index (χ2v) is 7.91. The third kappa shape index (κ3) is 2.90. The highest BCUT2D eigenvalue weighted by molar-refractivity contribution is 5.84. The van der Waals surface area contributed by atoms with Crippen LogP contribution in [0.15, 0.2) is 30.3 Å². The summed E-state index contributed by atoms with van der Waals surface area (Å²) in [6.45, 7) is 8.31. The fraction of sp³-hybridized carbons (Fsp3) is 0.600. The summed E-state index contributed by atoms with van der Waals surface area (Å²) in [6.07, 6.45) is 0.976. The monoisotopic (exact) mass is 345 g/mol. The second kappa shape index (κ2) is 6.36. The van der Waals surface area contributed by atoms with Crippen molar-refractivity contribution in [1.82, 2.24) is 0 Å². The zero-order valence-corrected chi connectivity index (χ0v) is 15.4. The number of para-hydroxylation sites is 1. The van der Waals surface area contributed by atoms with Crippen molar-refractivity contribution in [1.29, 1.82) is 0 Å². The van der Waals surface area contributed by atoms with E-state index in [2.05, 4.69) is 26.1 Å². The lowest BCUT2D eigenvalue weighted by Gasteiger charge is -2.38. The molecule has 2 saturated carbocycles. The number of amides is 1. The maximum atomic E-state index is 12.4. The summed E-state index contributed by atoms with van der Waals surface area (Å²) < 4.78 is 11.5. The van der Waals surface area contributed by atoms with Gasteiger partial charge in [-0.1, -0.05) is 45.9 Å². The number of benzene rings is 1. The first-order chi connectivity index (χ1) is 11.8. The number of rotatable bonds is 4. The Bertz CT molecular complexity index is 657. The Kier molecular flexibility index (Phi) is 4.52. The molecular weight excluding hydrogens is 318 g/mol. The molecule has 0 spiro atoms. The van der Waals surface area contributed by atoms with E-state index in [1.165, 1.54) is 0 Å². The van der Waals surface area contributed by atoms with E-state index in [0.29, 0.717) is 12.1 Å². The van der Waals surface area contributed by atoms with Crippen molar-refractivity contribution in [3.8, 4) is 0 Å². The third-order valence-corrected chi connectivity index (χ3v) is 6.51. The molecule has 2 fully saturated rings. The number of carbonyl (C=O) groups excluding carboxylic acids is 2. The van der Waals surface area contributed by atoms with Gasteiger partial charge in [0.2, 0.25) is 0 Å². The highest BCUT2D eigenvalue weighted by Crippen LogP contribution is 2.67. The molecule has 0 heterocycles. The topological polar surface area (TPSA) is 64.6 Å². The molecule has 1 aromatic carbocycles. The van der Waals surface area contributed by atoms with Gasteiger partial charge in [0.15, 0.2) is 0 Å². The minimum atomic E-state index is -0.499. The number of hydrogen-bond donors (Lipinski definition) is 1. The molecule has 5 heteroatoms.